The van der Waals surface area contributed by atoms with Gasteiger partial charge in [-0.25, -0.2) is 4.39 Å². The van der Waals surface area contributed by atoms with E-state index in [9.17, 15) is 4.39 Å². The van der Waals surface area contributed by atoms with Crippen molar-refractivity contribution in [2.75, 3.05) is 12.3 Å². The van der Waals surface area contributed by atoms with Crippen LogP contribution in [0.1, 0.15) is 18.9 Å². The van der Waals surface area contributed by atoms with Crippen LogP contribution in [0.15, 0.2) is 29.3 Å². The molecule has 2 rings (SSSR count). The maximum Gasteiger partial charge on any atom is 0.156 e. The molecule has 1 N–H and O–H groups in total. The smallest absolute Gasteiger partial charge is 0.156 e. The molecule has 0 spiro atoms. The second kappa shape index (κ2) is 6.05. The molecule has 4 heteroatoms. The van der Waals surface area contributed by atoms with Gasteiger partial charge in [0, 0.05) is 18.3 Å². The van der Waals surface area contributed by atoms with Crippen molar-refractivity contribution >= 4 is 16.9 Å². The number of thioether (sulfide) groups is 1. The molecule has 1 aliphatic rings. The van der Waals surface area contributed by atoms with Crippen LogP contribution in [-0.2, 0) is 6.42 Å². The summed E-state index contributed by atoms with van der Waals surface area (Å²) in [5, 5.41) is 4.34. The van der Waals surface area contributed by atoms with Crippen molar-refractivity contribution in [1.82, 2.24) is 5.32 Å². The molecule has 1 atom stereocenters. The Morgan fingerprint density at radius 2 is 2.29 bits per heavy atom. The normalized spacial score (nSPS) is 22.5. The Hall–Kier alpha value is -1.03. The van der Waals surface area contributed by atoms with Gasteiger partial charge in [0.25, 0.3) is 0 Å². The highest BCUT2D eigenvalue weighted by atomic mass is 32.2. The van der Waals surface area contributed by atoms with Crippen LogP contribution in [0.25, 0.3) is 0 Å². The number of hydrogen-bond acceptors (Lipinski definition) is 2. The van der Waals surface area contributed by atoms with Crippen LogP contribution in [0.2, 0.25) is 0 Å². The molecule has 0 aromatic heterocycles. The zero-order valence-electron chi connectivity index (χ0n) is 9.95. The molecule has 0 radical (unpaired) electrons. The number of benzene rings is 1. The second-order valence-corrected chi connectivity index (χ2v) is 5.29. The maximum absolute atomic E-state index is 13.3. The molecule has 1 unspecified atom stereocenters. The largest absolute Gasteiger partial charge is 0.362 e. The summed E-state index contributed by atoms with van der Waals surface area (Å²) in [6.07, 6.45) is 1.84. The van der Waals surface area contributed by atoms with Gasteiger partial charge >= 0.3 is 0 Å². The van der Waals surface area contributed by atoms with Gasteiger partial charge in [-0.1, -0.05) is 30.0 Å². The van der Waals surface area contributed by atoms with Crippen LogP contribution in [0.4, 0.5) is 4.39 Å². The maximum atomic E-state index is 13.3. The van der Waals surface area contributed by atoms with E-state index in [0.717, 1.165) is 16.5 Å². The minimum atomic E-state index is -0.134. The SMILES string of the molecule is CC1CCSC(=NCCc2ccccc2F)N1. The lowest BCUT2D eigenvalue weighted by atomic mass is 10.1. The minimum Gasteiger partial charge on any atom is -0.362 e. The molecule has 1 aliphatic heterocycles. The number of hydrogen-bond donors (Lipinski definition) is 1. The van der Waals surface area contributed by atoms with Crippen LogP contribution < -0.4 is 5.32 Å². The number of nitrogens with zero attached hydrogens (tertiary/aromatic N) is 1. The highest BCUT2D eigenvalue weighted by molar-refractivity contribution is 8.13. The van der Waals surface area contributed by atoms with Crippen LogP contribution in [-0.4, -0.2) is 23.5 Å². The monoisotopic (exact) mass is 252 g/mol. The van der Waals surface area contributed by atoms with Gasteiger partial charge in [0.1, 0.15) is 5.82 Å². The summed E-state index contributed by atoms with van der Waals surface area (Å²) < 4.78 is 13.3. The Morgan fingerprint density at radius 3 is 3.06 bits per heavy atom. The number of rotatable bonds is 3. The van der Waals surface area contributed by atoms with Crippen molar-refractivity contribution in [3.8, 4) is 0 Å². The van der Waals surface area contributed by atoms with Gasteiger partial charge in [0.05, 0.1) is 0 Å². The molecule has 92 valence electrons. The van der Waals surface area contributed by atoms with E-state index in [0.29, 0.717) is 19.0 Å². The second-order valence-electron chi connectivity index (χ2n) is 4.21. The first-order valence-corrected chi connectivity index (χ1v) is 6.91. The molecule has 2 nitrogen and oxygen atoms in total. The fourth-order valence-electron chi connectivity index (χ4n) is 1.73. The number of nitrogens with one attached hydrogen (secondary N) is 1. The average Bonchev–Trinajstić information content (AvgIpc) is 2.32. The molecule has 1 aromatic carbocycles. The molecular weight excluding hydrogens is 235 g/mol. The van der Waals surface area contributed by atoms with E-state index in [1.165, 1.54) is 12.5 Å². The van der Waals surface area contributed by atoms with Crippen molar-refractivity contribution < 1.29 is 4.39 Å². The standard InChI is InChI=1S/C13H17FN2S/c1-10-7-9-17-13(16-10)15-8-6-11-4-2-3-5-12(11)14/h2-5,10H,6-9H2,1H3,(H,15,16). The van der Waals surface area contributed by atoms with Gasteiger partial charge in [0.15, 0.2) is 5.17 Å². The van der Waals surface area contributed by atoms with Crippen molar-refractivity contribution in [3.63, 3.8) is 0 Å². The van der Waals surface area contributed by atoms with Gasteiger partial charge in [-0.2, -0.15) is 0 Å². The van der Waals surface area contributed by atoms with Gasteiger partial charge in [-0.05, 0) is 31.4 Å². The van der Waals surface area contributed by atoms with Crippen molar-refractivity contribution in [2.45, 2.75) is 25.8 Å². The van der Waals surface area contributed by atoms with Crippen LogP contribution in [0, 0.1) is 5.82 Å². The van der Waals surface area contributed by atoms with E-state index in [-0.39, 0.29) is 5.82 Å². The summed E-state index contributed by atoms with van der Waals surface area (Å²) in [6.45, 7) is 2.80. The summed E-state index contributed by atoms with van der Waals surface area (Å²) in [5.41, 5.74) is 0.741. The lowest BCUT2D eigenvalue weighted by molar-refractivity contribution is 0.609. The quantitative estimate of drug-likeness (QED) is 0.894. The Morgan fingerprint density at radius 1 is 1.47 bits per heavy atom. The Labute approximate surface area is 106 Å². The molecule has 1 fully saturated rings. The van der Waals surface area contributed by atoms with Crippen LogP contribution in [0.5, 0.6) is 0 Å². The molecular formula is C13H17FN2S. The summed E-state index contributed by atoms with van der Waals surface area (Å²) in [7, 11) is 0. The van der Waals surface area contributed by atoms with E-state index in [4.69, 9.17) is 0 Å². The van der Waals surface area contributed by atoms with E-state index < -0.39 is 0 Å². The third-order valence-corrected chi connectivity index (χ3v) is 3.71. The van der Waals surface area contributed by atoms with Gasteiger partial charge in [-0.15, -0.1) is 0 Å². The Balaban J connectivity index is 1.86. The molecule has 1 aromatic rings. The van der Waals surface area contributed by atoms with Gasteiger partial charge < -0.3 is 5.32 Å². The van der Waals surface area contributed by atoms with Gasteiger partial charge in [-0.3, -0.25) is 4.99 Å². The van der Waals surface area contributed by atoms with Crippen LogP contribution in [0.3, 0.4) is 0 Å². The van der Waals surface area contributed by atoms with Crippen molar-refractivity contribution in [1.29, 1.82) is 0 Å². The molecule has 0 saturated carbocycles. The molecule has 0 bridgehead atoms. The van der Waals surface area contributed by atoms with Crippen molar-refractivity contribution in [2.24, 2.45) is 4.99 Å². The first-order valence-electron chi connectivity index (χ1n) is 5.93. The summed E-state index contributed by atoms with van der Waals surface area (Å²) >= 11 is 1.75. The number of aliphatic imine (C=N–C) groups is 1. The molecule has 1 saturated heterocycles. The van der Waals surface area contributed by atoms with E-state index in [2.05, 4.69) is 17.2 Å². The molecule has 0 aliphatic carbocycles. The Bertz CT molecular complexity index is 406. The highest BCUT2D eigenvalue weighted by Gasteiger charge is 2.12. The van der Waals surface area contributed by atoms with E-state index in [1.807, 2.05) is 12.1 Å². The summed E-state index contributed by atoms with van der Waals surface area (Å²) in [5.74, 6) is 0.984. The molecule has 0 amide bonds. The average molecular weight is 252 g/mol. The topological polar surface area (TPSA) is 24.4 Å². The lowest BCUT2D eigenvalue weighted by Crippen LogP contribution is -2.35. The third-order valence-electron chi connectivity index (χ3n) is 2.75. The number of amidine groups is 1. The third kappa shape index (κ3) is 3.73. The zero-order valence-corrected chi connectivity index (χ0v) is 10.8. The zero-order chi connectivity index (χ0) is 12.1. The summed E-state index contributed by atoms with van der Waals surface area (Å²) in [4.78, 5) is 4.47. The fourth-order valence-corrected chi connectivity index (χ4v) is 2.86. The lowest BCUT2D eigenvalue weighted by Gasteiger charge is -2.21. The number of halogens is 1. The first-order chi connectivity index (χ1) is 8.25. The molecule has 17 heavy (non-hydrogen) atoms. The highest BCUT2D eigenvalue weighted by Crippen LogP contribution is 2.14. The van der Waals surface area contributed by atoms with Gasteiger partial charge in [0.2, 0.25) is 0 Å². The summed E-state index contributed by atoms with van der Waals surface area (Å²) in [6, 6.07) is 7.40. The first kappa shape index (κ1) is 12.4. The predicted octanol–water partition coefficient (Wildman–Crippen LogP) is 2.84. The fraction of sp³-hybridized carbons (Fsp3) is 0.462. The van der Waals surface area contributed by atoms with E-state index in [1.54, 1.807) is 17.8 Å². The predicted molar refractivity (Wildman–Crippen MR) is 72.1 cm³/mol. The van der Waals surface area contributed by atoms with Crippen molar-refractivity contribution in [3.05, 3.63) is 35.6 Å². The molecule has 1 heterocycles. The Kier molecular flexibility index (Phi) is 4.42. The van der Waals surface area contributed by atoms with Crippen LogP contribution >= 0.6 is 11.8 Å². The minimum absolute atomic E-state index is 0.134. The van der Waals surface area contributed by atoms with E-state index >= 15 is 0 Å².